The highest BCUT2D eigenvalue weighted by Gasteiger charge is 2.10. The second-order valence-electron chi connectivity index (χ2n) is 3.29. The zero-order valence-electron chi connectivity index (χ0n) is 8.88. The summed E-state index contributed by atoms with van der Waals surface area (Å²) >= 11 is 3.25. The molecule has 0 aliphatic heterocycles. The zero-order chi connectivity index (χ0) is 12.4. The third-order valence-electron chi connectivity index (χ3n) is 2.00. The average molecular weight is 297 g/mol. The number of aromatic nitrogens is 4. The lowest BCUT2D eigenvalue weighted by Crippen LogP contribution is -2.13. The molecule has 0 aliphatic carbocycles. The van der Waals surface area contributed by atoms with Crippen molar-refractivity contribution in [3.8, 4) is 0 Å². The molecule has 7 nitrogen and oxygen atoms in total. The number of carbonyl (C=O) groups is 1. The van der Waals surface area contributed by atoms with E-state index in [1.807, 2.05) is 0 Å². The summed E-state index contributed by atoms with van der Waals surface area (Å²) in [6, 6.07) is 4.88. The van der Waals surface area contributed by atoms with E-state index < -0.39 is 0 Å². The van der Waals surface area contributed by atoms with Gasteiger partial charge < -0.3 is 5.73 Å². The Kier molecular flexibility index (Phi) is 3.05. The van der Waals surface area contributed by atoms with E-state index in [0.29, 0.717) is 15.7 Å². The molecule has 0 saturated heterocycles. The smallest absolute Gasteiger partial charge is 0.270 e. The summed E-state index contributed by atoms with van der Waals surface area (Å²) in [6.45, 7) is 0. The fourth-order valence-electron chi connectivity index (χ4n) is 1.18. The maximum absolute atomic E-state index is 11.8. The Morgan fingerprint density at radius 1 is 1.53 bits per heavy atom. The van der Waals surface area contributed by atoms with Crippen molar-refractivity contribution >= 4 is 33.5 Å². The number of halogens is 1. The number of nitrogens with zero attached hydrogens (tertiary/aromatic N) is 4. The predicted octanol–water partition coefficient (Wildman–Crippen LogP) is 0.807. The number of benzene rings is 1. The van der Waals surface area contributed by atoms with E-state index in [2.05, 4.69) is 36.7 Å². The van der Waals surface area contributed by atoms with Crippen LogP contribution in [0.1, 0.15) is 10.4 Å². The highest BCUT2D eigenvalue weighted by atomic mass is 79.9. The van der Waals surface area contributed by atoms with Crippen molar-refractivity contribution in [3.05, 3.63) is 28.2 Å². The third kappa shape index (κ3) is 2.59. The molecule has 0 bridgehead atoms. The van der Waals surface area contributed by atoms with Gasteiger partial charge in [-0.05, 0) is 39.3 Å². The summed E-state index contributed by atoms with van der Waals surface area (Å²) in [4.78, 5) is 13.1. The van der Waals surface area contributed by atoms with Crippen molar-refractivity contribution in [2.45, 2.75) is 0 Å². The molecule has 1 amide bonds. The first-order valence-corrected chi connectivity index (χ1v) is 5.46. The number of hydrogen-bond donors (Lipinski definition) is 2. The van der Waals surface area contributed by atoms with Crippen LogP contribution in [0.4, 0.5) is 11.6 Å². The van der Waals surface area contributed by atoms with E-state index in [9.17, 15) is 4.79 Å². The van der Waals surface area contributed by atoms with Gasteiger partial charge in [0.1, 0.15) is 0 Å². The molecule has 1 heterocycles. The van der Waals surface area contributed by atoms with Gasteiger partial charge in [-0.25, -0.2) is 0 Å². The number of amides is 1. The normalized spacial score (nSPS) is 10.2. The number of aryl methyl sites for hydroxylation is 1. The van der Waals surface area contributed by atoms with Crippen LogP contribution in [0.2, 0.25) is 0 Å². The quantitative estimate of drug-likeness (QED) is 0.799. The Balaban J connectivity index is 2.17. The first-order valence-electron chi connectivity index (χ1n) is 4.66. The molecule has 0 saturated carbocycles. The molecule has 17 heavy (non-hydrogen) atoms. The van der Waals surface area contributed by atoms with Crippen LogP contribution in [0.3, 0.4) is 0 Å². The molecule has 2 rings (SSSR count). The van der Waals surface area contributed by atoms with Gasteiger partial charge in [0.2, 0.25) is 0 Å². The van der Waals surface area contributed by atoms with Crippen LogP contribution >= 0.6 is 15.9 Å². The Hall–Kier alpha value is -1.96. The Morgan fingerprint density at radius 2 is 2.29 bits per heavy atom. The number of nitrogens with two attached hydrogens (primary N) is 1. The lowest BCUT2D eigenvalue weighted by atomic mass is 10.2. The summed E-state index contributed by atoms with van der Waals surface area (Å²) in [5.74, 6) is -0.163. The molecule has 1 aromatic carbocycles. The van der Waals surface area contributed by atoms with Gasteiger partial charge in [0, 0.05) is 15.7 Å². The molecular formula is C9H9BrN6O. The molecule has 0 spiro atoms. The number of nitrogens with one attached hydrogen (secondary N) is 1. The van der Waals surface area contributed by atoms with E-state index in [4.69, 9.17) is 5.73 Å². The fraction of sp³-hybridized carbons (Fsp3) is 0.111. The molecule has 0 unspecified atom stereocenters. The molecule has 0 aliphatic rings. The largest absolute Gasteiger partial charge is 0.398 e. The van der Waals surface area contributed by atoms with Crippen LogP contribution in [0.25, 0.3) is 0 Å². The van der Waals surface area contributed by atoms with Gasteiger partial charge in [0.05, 0.1) is 7.05 Å². The Bertz CT molecular complexity index is 566. The van der Waals surface area contributed by atoms with Crippen LogP contribution in [-0.2, 0) is 7.05 Å². The molecule has 88 valence electrons. The topological polar surface area (TPSA) is 98.7 Å². The van der Waals surface area contributed by atoms with Crippen molar-refractivity contribution < 1.29 is 4.79 Å². The average Bonchev–Trinajstić information content (AvgIpc) is 2.68. The molecule has 0 radical (unpaired) electrons. The number of nitrogen functional groups attached to an aromatic ring is 1. The van der Waals surface area contributed by atoms with Crippen molar-refractivity contribution in [2.24, 2.45) is 7.05 Å². The van der Waals surface area contributed by atoms with Crippen LogP contribution < -0.4 is 11.1 Å². The first-order chi connectivity index (χ1) is 8.06. The van der Waals surface area contributed by atoms with E-state index in [1.165, 1.54) is 4.80 Å². The summed E-state index contributed by atoms with van der Waals surface area (Å²) in [5.41, 5.74) is 6.65. The van der Waals surface area contributed by atoms with Gasteiger partial charge in [-0.2, -0.15) is 4.80 Å². The molecular weight excluding hydrogens is 288 g/mol. The second-order valence-corrected chi connectivity index (χ2v) is 4.15. The van der Waals surface area contributed by atoms with Gasteiger partial charge in [0.15, 0.2) is 0 Å². The monoisotopic (exact) mass is 296 g/mol. The highest BCUT2D eigenvalue weighted by Crippen LogP contribution is 2.20. The maximum Gasteiger partial charge on any atom is 0.270 e. The number of anilines is 2. The van der Waals surface area contributed by atoms with Crippen LogP contribution in [0, 0.1) is 0 Å². The number of tetrazole rings is 1. The Labute approximate surface area is 105 Å². The SMILES string of the molecule is Cn1nnc(NC(=O)c2ccc(N)c(Br)c2)n1. The van der Waals surface area contributed by atoms with Gasteiger partial charge >= 0.3 is 0 Å². The predicted molar refractivity (Wildman–Crippen MR) is 65.3 cm³/mol. The summed E-state index contributed by atoms with van der Waals surface area (Å²) < 4.78 is 0.664. The molecule has 0 atom stereocenters. The Morgan fingerprint density at radius 3 is 2.88 bits per heavy atom. The van der Waals surface area contributed by atoms with Crippen molar-refractivity contribution in [3.63, 3.8) is 0 Å². The standard InChI is InChI=1S/C9H9BrN6O/c1-16-14-9(13-15-16)12-8(17)5-2-3-7(11)6(10)4-5/h2-4H,11H2,1H3,(H,12,14,17). The minimum absolute atomic E-state index is 0.158. The maximum atomic E-state index is 11.8. The number of rotatable bonds is 2. The molecule has 3 N–H and O–H groups in total. The zero-order valence-corrected chi connectivity index (χ0v) is 10.5. The summed E-state index contributed by atoms with van der Waals surface area (Å²) in [5, 5.41) is 13.6. The minimum Gasteiger partial charge on any atom is -0.398 e. The second kappa shape index (κ2) is 4.50. The van der Waals surface area contributed by atoms with Gasteiger partial charge in [-0.15, -0.1) is 5.10 Å². The van der Waals surface area contributed by atoms with Crippen molar-refractivity contribution in [1.82, 2.24) is 20.2 Å². The van der Waals surface area contributed by atoms with E-state index in [-0.39, 0.29) is 11.9 Å². The summed E-state index contributed by atoms with van der Waals surface area (Å²) in [6.07, 6.45) is 0. The van der Waals surface area contributed by atoms with Crippen molar-refractivity contribution in [2.75, 3.05) is 11.1 Å². The lowest BCUT2D eigenvalue weighted by molar-refractivity contribution is 0.102. The molecule has 2 aromatic rings. The summed E-state index contributed by atoms with van der Waals surface area (Å²) in [7, 11) is 1.61. The first kappa shape index (κ1) is 11.5. The van der Waals surface area contributed by atoms with E-state index in [0.717, 1.165) is 0 Å². The van der Waals surface area contributed by atoms with Gasteiger partial charge in [-0.1, -0.05) is 5.10 Å². The fourth-order valence-corrected chi connectivity index (χ4v) is 1.56. The molecule has 1 aromatic heterocycles. The van der Waals surface area contributed by atoms with E-state index >= 15 is 0 Å². The van der Waals surface area contributed by atoms with Crippen molar-refractivity contribution in [1.29, 1.82) is 0 Å². The third-order valence-corrected chi connectivity index (χ3v) is 2.68. The highest BCUT2D eigenvalue weighted by molar-refractivity contribution is 9.10. The van der Waals surface area contributed by atoms with Crippen LogP contribution in [0.5, 0.6) is 0 Å². The lowest BCUT2D eigenvalue weighted by Gasteiger charge is -2.03. The molecule has 8 heteroatoms. The number of carbonyl (C=O) groups excluding carboxylic acids is 1. The number of hydrogen-bond acceptors (Lipinski definition) is 5. The molecule has 0 fully saturated rings. The van der Waals surface area contributed by atoms with Gasteiger partial charge in [-0.3, -0.25) is 10.1 Å². The van der Waals surface area contributed by atoms with E-state index in [1.54, 1.807) is 25.2 Å². The van der Waals surface area contributed by atoms with Crippen LogP contribution in [0.15, 0.2) is 22.7 Å². The minimum atomic E-state index is -0.321. The van der Waals surface area contributed by atoms with Crippen LogP contribution in [-0.4, -0.2) is 26.1 Å². The van der Waals surface area contributed by atoms with Gasteiger partial charge in [0.25, 0.3) is 11.9 Å².